The summed E-state index contributed by atoms with van der Waals surface area (Å²) in [5.74, 6) is 0. The Hall–Kier alpha value is -2.60. The SMILES string of the molecule is C1=C(c2ccccc2)Cc2ccc(-c3ccccc3)cc21. The Labute approximate surface area is 125 Å². The van der Waals surface area contributed by atoms with Crippen LogP contribution in [0, 0.1) is 0 Å². The van der Waals surface area contributed by atoms with E-state index in [1.54, 1.807) is 0 Å². The highest BCUT2D eigenvalue weighted by atomic mass is 14.2. The van der Waals surface area contributed by atoms with E-state index in [2.05, 4.69) is 84.9 Å². The van der Waals surface area contributed by atoms with Crippen LogP contribution in [0.5, 0.6) is 0 Å². The molecule has 0 N–H and O–H groups in total. The normalized spacial score (nSPS) is 12.9. The first-order chi connectivity index (χ1) is 10.4. The van der Waals surface area contributed by atoms with Gasteiger partial charge in [0.25, 0.3) is 0 Å². The zero-order chi connectivity index (χ0) is 14.1. The van der Waals surface area contributed by atoms with Crippen molar-refractivity contribution in [1.82, 2.24) is 0 Å². The van der Waals surface area contributed by atoms with Crippen LogP contribution in [-0.2, 0) is 6.42 Å². The summed E-state index contributed by atoms with van der Waals surface area (Å²) in [6, 6.07) is 28.0. The average molecular weight is 268 g/mol. The molecule has 0 atom stereocenters. The van der Waals surface area contributed by atoms with Crippen molar-refractivity contribution in [3.05, 3.63) is 95.6 Å². The van der Waals surface area contributed by atoms with E-state index in [1.807, 2.05) is 0 Å². The van der Waals surface area contributed by atoms with E-state index in [0.717, 1.165) is 6.42 Å². The molecule has 1 aliphatic rings. The molecule has 0 unspecified atom stereocenters. The third-order valence-corrected chi connectivity index (χ3v) is 4.11. The zero-order valence-electron chi connectivity index (χ0n) is 11.8. The molecule has 0 spiro atoms. The fraction of sp³-hybridized carbons (Fsp3) is 0.0476. The second-order valence-electron chi connectivity index (χ2n) is 5.49. The minimum atomic E-state index is 1.04. The smallest absolute Gasteiger partial charge is 0.00137 e. The predicted molar refractivity (Wildman–Crippen MR) is 89.9 cm³/mol. The van der Waals surface area contributed by atoms with Gasteiger partial charge in [-0.3, -0.25) is 0 Å². The molecule has 0 aliphatic heterocycles. The summed E-state index contributed by atoms with van der Waals surface area (Å²) in [5.41, 5.74) is 8.09. The fourth-order valence-electron chi connectivity index (χ4n) is 2.98. The van der Waals surface area contributed by atoms with E-state index < -0.39 is 0 Å². The minimum Gasteiger partial charge on any atom is -0.0622 e. The molecule has 0 bridgehead atoms. The van der Waals surface area contributed by atoms with Gasteiger partial charge in [-0.2, -0.15) is 0 Å². The van der Waals surface area contributed by atoms with Gasteiger partial charge >= 0.3 is 0 Å². The van der Waals surface area contributed by atoms with Crippen molar-refractivity contribution in [3.63, 3.8) is 0 Å². The summed E-state index contributed by atoms with van der Waals surface area (Å²) in [4.78, 5) is 0. The highest BCUT2D eigenvalue weighted by molar-refractivity contribution is 5.89. The lowest BCUT2D eigenvalue weighted by molar-refractivity contribution is 1.32. The average Bonchev–Trinajstić information content (AvgIpc) is 2.99. The van der Waals surface area contributed by atoms with Gasteiger partial charge in [0, 0.05) is 0 Å². The van der Waals surface area contributed by atoms with Gasteiger partial charge in [-0.25, -0.2) is 0 Å². The Kier molecular flexibility index (Phi) is 2.93. The monoisotopic (exact) mass is 268 g/mol. The van der Waals surface area contributed by atoms with E-state index >= 15 is 0 Å². The molecule has 0 fully saturated rings. The summed E-state index contributed by atoms with van der Waals surface area (Å²) in [7, 11) is 0. The Morgan fingerprint density at radius 3 is 1.95 bits per heavy atom. The van der Waals surface area contributed by atoms with Crippen molar-refractivity contribution >= 4 is 11.6 Å². The third-order valence-electron chi connectivity index (χ3n) is 4.11. The van der Waals surface area contributed by atoms with Crippen molar-refractivity contribution in [3.8, 4) is 11.1 Å². The largest absolute Gasteiger partial charge is 0.0622 e. The lowest BCUT2D eigenvalue weighted by Crippen LogP contribution is -1.86. The maximum atomic E-state index is 2.33. The van der Waals surface area contributed by atoms with Crippen molar-refractivity contribution in [2.24, 2.45) is 0 Å². The van der Waals surface area contributed by atoms with Crippen LogP contribution >= 0.6 is 0 Å². The van der Waals surface area contributed by atoms with Crippen molar-refractivity contribution in [2.45, 2.75) is 6.42 Å². The second kappa shape index (κ2) is 5.06. The summed E-state index contributed by atoms with van der Waals surface area (Å²) in [6.45, 7) is 0. The molecule has 0 heterocycles. The highest BCUT2D eigenvalue weighted by Crippen LogP contribution is 2.34. The van der Waals surface area contributed by atoms with E-state index in [9.17, 15) is 0 Å². The van der Waals surface area contributed by atoms with Gasteiger partial charge in [0.1, 0.15) is 0 Å². The summed E-state index contributed by atoms with van der Waals surface area (Å²) in [6.07, 6.45) is 3.37. The Balaban J connectivity index is 1.73. The first-order valence-electron chi connectivity index (χ1n) is 7.34. The lowest BCUT2D eigenvalue weighted by Gasteiger charge is -2.04. The molecule has 0 saturated heterocycles. The maximum Gasteiger partial charge on any atom is -0.00137 e. The lowest BCUT2D eigenvalue weighted by atomic mass is 10.00. The van der Waals surface area contributed by atoms with Crippen molar-refractivity contribution in [1.29, 1.82) is 0 Å². The van der Waals surface area contributed by atoms with Gasteiger partial charge in [0.05, 0.1) is 0 Å². The Morgan fingerprint density at radius 1 is 0.571 bits per heavy atom. The number of hydrogen-bond donors (Lipinski definition) is 0. The van der Waals surface area contributed by atoms with Gasteiger partial charge in [-0.05, 0) is 45.9 Å². The molecule has 0 heteroatoms. The third kappa shape index (κ3) is 2.30. The molecule has 0 saturated carbocycles. The van der Waals surface area contributed by atoms with E-state index in [4.69, 9.17) is 0 Å². The predicted octanol–water partition coefficient (Wildman–Crippen LogP) is 5.45. The van der Waals surface area contributed by atoms with Crippen LogP contribution in [0.2, 0.25) is 0 Å². The van der Waals surface area contributed by atoms with Crippen molar-refractivity contribution < 1.29 is 0 Å². The van der Waals surface area contributed by atoms with Gasteiger partial charge < -0.3 is 0 Å². The number of rotatable bonds is 2. The molecule has 0 amide bonds. The second-order valence-corrected chi connectivity index (χ2v) is 5.49. The number of allylic oxidation sites excluding steroid dienone is 1. The fourth-order valence-corrected chi connectivity index (χ4v) is 2.98. The minimum absolute atomic E-state index is 1.04. The first-order valence-corrected chi connectivity index (χ1v) is 7.34. The first kappa shape index (κ1) is 12.2. The van der Waals surface area contributed by atoms with E-state index in [0.29, 0.717) is 0 Å². The number of benzene rings is 3. The van der Waals surface area contributed by atoms with Gasteiger partial charge in [-0.1, -0.05) is 78.9 Å². The Morgan fingerprint density at radius 2 is 1.24 bits per heavy atom. The van der Waals surface area contributed by atoms with E-state index in [-0.39, 0.29) is 0 Å². The van der Waals surface area contributed by atoms with Crippen LogP contribution < -0.4 is 0 Å². The van der Waals surface area contributed by atoms with Crippen LogP contribution in [0.25, 0.3) is 22.8 Å². The molecular weight excluding hydrogens is 252 g/mol. The molecule has 100 valence electrons. The topological polar surface area (TPSA) is 0 Å². The van der Waals surface area contributed by atoms with E-state index in [1.165, 1.54) is 33.4 Å². The Bertz CT molecular complexity index is 796. The molecule has 0 radical (unpaired) electrons. The summed E-state index contributed by atoms with van der Waals surface area (Å²) >= 11 is 0. The quantitative estimate of drug-likeness (QED) is 0.579. The van der Waals surface area contributed by atoms with Gasteiger partial charge in [0.15, 0.2) is 0 Å². The van der Waals surface area contributed by atoms with Gasteiger partial charge in [-0.15, -0.1) is 0 Å². The molecule has 3 aromatic rings. The van der Waals surface area contributed by atoms with Crippen molar-refractivity contribution in [2.75, 3.05) is 0 Å². The molecule has 3 aromatic carbocycles. The zero-order valence-corrected chi connectivity index (χ0v) is 11.8. The molecule has 0 aromatic heterocycles. The van der Waals surface area contributed by atoms with Crippen LogP contribution in [0.1, 0.15) is 16.7 Å². The highest BCUT2D eigenvalue weighted by Gasteiger charge is 2.14. The van der Waals surface area contributed by atoms with Crippen LogP contribution in [0.3, 0.4) is 0 Å². The molecule has 21 heavy (non-hydrogen) atoms. The number of hydrogen-bond acceptors (Lipinski definition) is 0. The molecular formula is C21H16. The standard InChI is InChI=1S/C21H16/c1-3-7-16(8-4-1)18-11-12-19-14-20(15-21(19)13-18)17-9-5-2-6-10-17/h1-13,15H,14H2. The maximum absolute atomic E-state index is 2.33. The molecule has 4 rings (SSSR count). The van der Waals surface area contributed by atoms with Crippen LogP contribution in [-0.4, -0.2) is 0 Å². The van der Waals surface area contributed by atoms with Crippen LogP contribution in [0.15, 0.2) is 78.9 Å². The number of fused-ring (bicyclic) bond motifs is 1. The van der Waals surface area contributed by atoms with Gasteiger partial charge in [0.2, 0.25) is 0 Å². The molecule has 1 aliphatic carbocycles. The van der Waals surface area contributed by atoms with Crippen LogP contribution in [0.4, 0.5) is 0 Å². The summed E-state index contributed by atoms with van der Waals surface area (Å²) < 4.78 is 0. The molecule has 0 nitrogen and oxygen atoms in total. The summed E-state index contributed by atoms with van der Waals surface area (Å²) in [5, 5.41) is 0.